The molecule has 1 aliphatic heterocycles. The fourth-order valence-electron chi connectivity index (χ4n) is 1.96. The maximum Gasteiger partial charge on any atom is 0.231 e. The number of fused-ring (bicyclic) bond motifs is 1. The van der Waals surface area contributed by atoms with Gasteiger partial charge in [-0.2, -0.15) is 0 Å². The molecule has 1 aromatic heterocycles. The topological polar surface area (TPSA) is 51.6 Å². The van der Waals surface area contributed by atoms with E-state index in [2.05, 4.69) is 20.9 Å². The Morgan fingerprint density at radius 3 is 3.05 bits per heavy atom. The molecule has 1 atom stereocenters. The van der Waals surface area contributed by atoms with Gasteiger partial charge in [0.15, 0.2) is 11.5 Å². The van der Waals surface area contributed by atoms with Crippen LogP contribution in [0, 0.1) is 6.92 Å². The van der Waals surface area contributed by atoms with Crippen LogP contribution < -0.4 is 9.47 Å². The summed E-state index contributed by atoms with van der Waals surface area (Å²) in [5.41, 5.74) is 1.78. The molecule has 1 aliphatic rings. The first-order valence-electron chi connectivity index (χ1n) is 5.81. The summed E-state index contributed by atoms with van der Waals surface area (Å²) in [5, 5.41) is 13.2. The maximum absolute atomic E-state index is 10.3. The number of aryl methyl sites for hydroxylation is 1. The van der Waals surface area contributed by atoms with E-state index in [1.54, 1.807) is 11.3 Å². The smallest absolute Gasteiger partial charge is 0.231 e. The Balaban J connectivity index is 1.84. The van der Waals surface area contributed by atoms with Gasteiger partial charge in [0.05, 0.1) is 15.6 Å². The predicted molar refractivity (Wildman–Crippen MR) is 75.8 cm³/mol. The van der Waals surface area contributed by atoms with Gasteiger partial charge in [0.25, 0.3) is 0 Å². The van der Waals surface area contributed by atoms with E-state index in [4.69, 9.17) is 9.47 Å². The fourth-order valence-corrected chi connectivity index (χ4v) is 3.34. The lowest BCUT2D eigenvalue weighted by Gasteiger charge is -2.11. The van der Waals surface area contributed by atoms with Crippen LogP contribution in [0.2, 0.25) is 0 Å². The van der Waals surface area contributed by atoms with E-state index in [1.165, 1.54) is 0 Å². The molecule has 6 heteroatoms. The molecule has 0 fully saturated rings. The largest absolute Gasteiger partial charge is 0.454 e. The summed E-state index contributed by atoms with van der Waals surface area (Å²) in [4.78, 5) is 4.36. The lowest BCUT2D eigenvalue weighted by atomic mass is 10.1. The van der Waals surface area contributed by atoms with Crippen LogP contribution in [0.5, 0.6) is 11.5 Å². The second-order valence-corrected chi connectivity index (χ2v) is 6.14. The zero-order valence-electron chi connectivity index (χ0n) is 10.2. The number of benzene rings is 1. The van der Waals surface area contributed by atoms with Crippen molar-refractivity contribution in [3.8, 4) is 11.5 Å². The molecule has 19 heavy (non-hydrogen) atoms. The summed E-state index contributed by atoms with van der Waals surface area (Å²) < 4.78 is 11.5. The first kappa shape index (κ1) is 12.9. The Morgan fingerprint density at radius 2 is 2.32 bits per heavy atom. The molecule has 3 rings (SSSR count). The average molecular weight is 342 g/mol. The van der Waals surface area contributed by atoms with Crippen molar-refractivity contribution < 1.29 is 14.6 Å². The third kappa shape index (κ3) is 2.61. The number of halogens is 1. The van der Waals surface area contributed by atoms with E-state index in [-0.39, 0.29) is 6.79 Å². The van der Waals surface area contributed by atoms with Crippen molar-refractivity contribution in [1.29, 1.82) is 0 Å². The van der Waals surface area contributed by atoms with Gasteiger partial charge in [-0.25, -0.2) is 4.98 Å². The van der Waals surface area contributed by atoms with Crippen molar-refractivity contribution in [2.75, 3.05) is 6.79 Å². The van der Waals surface area contributed by atoms with Gasteiger partial charge in [-0.3, -0.25) is 0 Å². The van der Waals surface area contributed by atoms with Crippen molar-refractivity contribution in [3.63, 3.8) is 0 Å². The number of nitrogens with zero attached hydrogens (tertiary/aromatic N) is 1. The van der Waals surface area contributed by atoms with E-state index >= 15 is 0 Å². The second-order valence-electron chi connectivity index (χ2n) is 4.34. The van der Waals surface area contributed by atoms with Gasteiger partial charge in [0.2, 0.25) is 6.79 Å². The quantitative estimate of drug-likeness (QED) is 0.931. The van der Waals surface area contributed by atoms with Crippen molar-refractivity contribution in [2.24, 2.45) is 0 Å². The summed E-state index contributed by atoms with van der Waals surface area (Å²) >= 11 is 4.99. The van der Waals surface area contributed by atoms with E-state index in [9.17, 15) is 5.11 Å². The highest BCUT2D eigenvalue weighted by atomic mass is 79.9. The molecule has 0 amide bonds. The third-order valence-corrected chi connectivity index (χ3v) is 4.45. The molecule has 0 saturated carbocycles. The van der Waals surface area contributed by atoms with Crippen LogP contribution in [0.15, 0.2) is 22.0 Å². The third-order valence-electron chi connectivity index (χ3n) is 2.87. The van der Waals surface area contributed by atoms with Crippen LogP contribution >= 0.6 is 27.3 Å². The highest BCUT2D eigenvalue weighted by Gasteiger charge is 2.21. The standard InChI is InChI=1S/C13H12BrNO3S/c1-7-5-19-12(15-7)4-10(16)8-2-9(14)13-11(3-8)17-6-18-13/h2-3,5,10,16H,4,6H2,1H3. The van der Waals surface area contributed by atoms with E-state index < -0.39 is 6.10 Å². The number of hydrogen-bond acceptors (Lipinski definition) is 5. The number of aliphatic hydroxyl groups excluding tert-OH is 1. The average Bonchev–Trinajstić information content (AvgIpc) is 2.98. The van der Waals surface area contributed by atoms with Crippen LogP contribution in [0.3, 0.4) is 0 Å². The monoisotopic (exact) mass is 341 g/mol. The van der Waals surface area contributed by atoms with Gasteiger partial charge < -0.3 is 14.6 Å². The van der Waals surface area contributed by atoms with Crippen molar-refractivity contribution in [3.05, 3.63) is 38.3 Å². The number of rotatable bonds is 3. The zero-order valence-corrected chi connectivity index (χ0v) is 12.6. The molecule has 1 unspecified atom stereocenters. The van der Waals surface area contributed by atoms with Crippen LogP contribution in [-0.2, 0) is 6.42 Å². The van der Waals surface area contributed by atoms with Crippen molar-refractivity contribution in [2.45, 2.75) is 19.4 Å². The van der Waals surface area contributed by atoms with Crippen molar-refractivity contribution in [1.82, 2.24) is 4.98 Å². The molecule has 1 aromatic carbocycles. The Hall–Kier alpha value is -1.11. The lowest BCUT2D eigenvalue weighted by molar-refractivity contribution is 0.171. The zero-order chi connectivity index (χ0) is 13.4. The minimum Gasteiger partial charge on any atom is -0.454 e. The Kier molecular flexibility index (Phi) is 3.47. The number of hydrogen-bond donors (Lipinski definition) is 1. The van der Waals surface area contributed by atoms with Gasteiger partial charge in [-0.1, -0.05) is 0 Å². The molecule has 0 saturated heterocycles. The minimum atomic E-state index is -0.601. The number of aliphatic hydroxyl groups is 1. The number of thiazole rings is 1. The molecule has 1 N–H and O–H groups in total. The first-order chi connectivity index (χ1) is 9.13. The van der Waals surface area contributed by atoms with Crippen LogP contribution in [0.1, 0.15) is 22.4 Å². The van der Waals surface area contributed by atoms with E-state index in [0.29, 0.717) is 17.9 Å². The number of ether oxygens (including phenoxy) is 2. The van der Waals surface area contributed by atoms with Gasteiger partial charge in [-0.15, -0.1) is 11.3 Å². The molecule has 0 radical (unpaired) electrons. The summed E-state index contributed by atoms with van der Waals surface area (Å²) in [5.74, 6) is 1.36. The fraction of sp³-hybridized carbons (Fsp3) is 0.308. The molecule has 4 nitrogen and oxygen atoms in total. The lowest BCUT2D eigenvalue weighted by Crippen LogP contribution is -2.02. The van der Waals surface area contributed by atoms with Gasteiger partial charge in [-0.05, 0) is 40.5 Å². The maximum atomic E-state index is 10.3. The predicted octanol–water partition coefficient (Wildman–Crippen LogP) is 3.22. The molecular weight excluding hydrogens is 330 g/mol. The molecule has 100 valence electrons. The Labute approximate surface area is 123 Å². The normalized spacial score (nSPS) is 14.7. The highest BCUT2D eigenvalue weighted by Crippen LogP contribution is 2.41. The van der Waals surface area contributed by atoms with Crippen molar-refractivity contribution >= 4 is 27.3 Å². The van der Waals surface area contributed by atoms with Crippen LogP contribution in [-0.4, -0.2) is 16.9 Å². The van der Waals surface area contributed by atoms with Gasteiger partial charge in [0, 0.05) is 17.5 Å². The minimum absolute atomic E-state index is 0.221. The number of aromatic nitrogens is 1. The molecule has 0 spiro atoms. The Bertz CT molecular complexity index is 614. The summed E-state index contributed by atoms with van der Waals surface area (Å²) in [6.45, 7) is 2.17. The molecular formula is C13H12BrNO3S. The Morgan fingerprint density at radius 1 is 1.47 bits per heavy atom. The second kappa shape index (κ2) is 5.11. The van der Waals surface area contributed by atoms with Gasteiger partial charge in [0.1, 0.15) is 0 Å². The highest BCUT2D eigenvalue weighted by molar-refractivity contribution is 9.10. The first-order valence-corrected chi connectivity index (χ1v) is 7.49. The molecule has 2 aromatic rings. The molecule has 0 aliphatic carbocycles. The van der Waals surface area contributed by atoms with Gasteiger partial charge >= 0.3 is 0 Å². The van der Waals surface area contributed by atoms with E-state index in [0.717, 1.165) is 20.7 Å². The van der Waals surface area contributed by atoms with Crippen LogP contribution in [0.25, 0.3) is 0 Å². The summed E-state index contributed by atoms with van der Waals surface area (Å²) in [7, 11) is 0. The molecule has 0 bridgehead atoms. The molecule has 2 heterocycles. The SMILES string of the molecule is Cc1csc(CC(O)c2cc(Br)c3c(c2)OCO3)n1. The summed E-state index contributed by atoms with van der Waals surface area (Å²) in [6.07, 6.45) is -0.0960. The summed E-state index contributed by atoms with van der Waals surface area (Å²) in [6, 6.07) is 3.68. The van der Waals surface area contributed by atoms with E-state index in [1.807, 2.05) is 24.4 Å². The van der Waals surface area contributed by atoms with Crippen LogP contribution in [0.4, 0.5) is 0 Å².